The van der Waals surface area contributed by atoms with Gasteiger partial charge in [-0.3, -0.25) is 4.90 Å². The third kappa shape index (κ3) is 5.75. The molecule has 0 bridgehead atoms. The first kappa shape index (κ1) is 27.9. The maximum atomic E-state index is 10.5. The van der Waals surface area contributed by atoms with E-state index >= 15 is 0 Å². The second-order valence-electron chi connectivity index (χ2n) is 11.9. The Labute approximate surface area is 246 Å². The van der Waals surface area contributed by atoms with Crippen LogP contribution >= 0.6 is 0 Å². The number of hydrogen-bond acceptors (Lipinski definition) is 9. The number of aliphatic hydroxyl groups is 1. The van der Waals surface area contributed by atoms with Gasteiger partial charge in [-0.25, -0.2) is 14.5 Å². The molecule has 6 heterocycles. The first-order valence-corrected chi connectivity index (χ1v) is 14.6. The second kappa shape index (κ2) is 11.6. The summed E-state index contributed by atoms with van der Waals surface area (Å²) in [5, 5.41) is 24.8. The van der Waals surface area contributed by atoms with Crippen LogP contribution in [0, 0.1) is 17.2 Å². The molecule has 0 saturated carbocycles. The summed E-state index contributed by atoms with van der Waals surface area (Å²) in [7, 11) is 1.63. The van der Waals surface area contributed by atoms with Gasteiger partial charge < -0.3 is 19.6 Å². The van der Waals surface area contributed by atoms with Gasteiger partial charge in [-0.1, -0.05) is 6.07 Å². The van der Waals surface area contributed by atoms with Gasteiger partial charge in [0.05, 0.1) is 41.9 Å². The molecule has 10 nitrogen and oxygen atoms in total. The fourth-order valence-corrected chi connectivity index (χ4v) is 6.18. The van der Waals surface area contributed by atoms with E-state index in [1.54, 1.807) is 13.3 Å². The predicted octanol–water partition coefficient (Wildman–Crippen LogP) is 3.98. The number of nitriles is 1. The second-order valence-corrected chi connectivity index (χ2v) is 11.9. The number of anilines is 2. The molecule has 4 aromatic heterocycles. The molecule has 0 aliphatic carbocycles. The monoisotopic (exact) mass is 566 g/mol. The van der Waals surface area contributed by atoms with Crippen molar-refractivity contribution in [2.45, 2.75) is 38.8 Å². The van der Waals surface area contributed by atoms with Crippen molar-refractivity contribution in [1.82, 2.24) is 24.5 Å². The SMILES string of the molecule is COc1ccc(CN2CCN(c3ccc(-c4cc(N5CCC(C(C)(C)O)CC5)cn5ncc(C#N)c45)cn3)CC2)cn1. The van der Waals surface area contributed by atoms with Crippen molar-refractivity contribution in [3.8, 4) is 23.1 Å². The maximum Gasteiger partial charge on any atom is 0.212 e. The Morgan fingerprint density at radius 3 is 2.38 bits per heavy atom. The fourth-order valence-electron chi connectivity index (χ4n) is 6.18. The summed E-state index contributed by atoms with van der Waals surface area (Å²) < 4.78 is 6.98. The molecule has 2 aliphatic rings. The molecule has 0 unspecified atom stereocenters. The van der Waals surface area contributed by atoms with Crippen LogP contribution in [-0.2, 0) is 6.54 Å². The molecule has 0 spiro atoms. The van der Waals surface area contributed by atoms with Gasteiger partial charge in [0.25, 0.3) is 0 Å². The first-order chi connectivity index (χ1) is 20.3. The lowest BCUT2D eigenvalue weighted by molar-refractivity contribution is 0.00651. The van der Waals surface area contributed by atoms with Crippen molar-refractivity contribution in [1.29, 1.82) is 5.26 Å². The predicted molar refractivity (Wildman–Crippen MR) is 163 cm³/mol. The highest BCUT2D eigenvalue weighted by Crippen LogP contribution is 2.35. The highest BCUT2D eigenvalue weighted by molar-refractivity contribution is 5.86. The number of piperazine rings is 1. The summed E-state index contributed by atoms with van der Waals surface area (Å²) >= 11 is 0. The number of fused-ring (bicyclic) bond motifs is 1. The van der Waals surface area contributed by atoms with E-state index in [0.29, 0.717) is 11.4 Å². The van der Waals surface area contributed by atoms with E-state index in [-0.39, 0.29) is 5.92 Å². The van der Waals surface area contributed by atoms with Crippen LogP contribution in [-0.4, -0.2) is 81.6 Å². The summed E-state index contributed by atoms with van der Waals surface area (Å²) in [6.45, 7) is 10.1. The smallest absolute Gasteiger partial charge is 0.212 e. The Bertz CT molecular complexity index is 1550. The van der Waals surface area contributed by atoms with Gasteiger partial charge in [0.2, 0.25) is 5.88 Å². The van der Waals surface area contributed by atoms with Crippen LogP contribution in [0.5, 0.6) is 5.88 Å². The molecule has 42 heavy (non-hydrogen) atoms. The van der Waals surface area contributed by atoms with Gasteiger partial charge in [-0.05, 0) is 56.4 Å². The minimum atomic E-state index is -0.668. The van der Waals surface area contributed by atoms with E-state index in [0.717, 1.165) is 86.8 Å². The lowest BCUT2D eigenvalue weighted by Crippen LogP contribution is -2.46. The van der Waals surface area contributed by atoms with Gasteiger partial charge >= 0.3 is 0 Å². The largest absolute Gasteiger partial charge is 0.481 e. The molecule has 0 radical (unpaired) electrons. The number of aromatic nitrogens is 4. The summed E-state index contributed by atoms with van der Waals surface area (Å²) in [5.41, 5.74) is 4.82. The minimum Gasteiger partial charge on any atom is -0.481 e. The molecule has 0 atom stereocenters. The third-order valence-electron chi connectivity index (χ3n) is 8.75. The number of methoxy groups -OCH3 is 1. The van der Waals surface area contributed by atoms with Crippen molar-refractivity contribution in [3.63, 3.8) is 0 Å². The van der Waals surface area contributed by atoms with Crippen LogP contribution in [0.3, 0.4) is 0 Å². The van der Waals surface area contributed by atoms with Gasteiger partial charge in [-0.2, -0.15) is 10.4 Å². The Kier molecular flexibility index (Phi) is 7.71. The van der Waals surface area contributed by atoms with Gasteiger partial charge in [-0.15, -0.1) is 0 Å². The number of nitrogens with zero attached hydrogens (tertiary/aromatic N) is 8. The molecule has 6 rings (SSSR count). The van der Waals surface area contributed by atoms with Crippen LogP contribution in [0.2, 0.25) is 0 Å². The van der Waals surface area contributed by atoms with E-state index in [9.17, 15) is 10.4 Å². The zero-order valence-corrected chi connectivity index (χ0v) is 24.6. The number of pyridine rings is 3. The van der Waals surface area contributed by atoms with Crippen LogP contribution in [0.15, 0.2) is 55.1 Å². The van der Waals surface area contributed by atoms with E-state index in [4.69, 9.17) is 9.72 Å². The van der Waals surface area contributed by atoms with Crippen LogP contribution in [0.25, 0.3) is 16.6 Å². The lowest BCUT2D eigenvalue weighted by Gasteiger charge is -2.38. The Hall–Kier alpha value is -4.20. The van der Waals surface area contributed by atoms with E-state index in [1.807, 2.05) is 43.0 Å². The van der Waals surface area contributed by atoms with Gasteiger partial charge in [0.15, 0.2) is 0 Å². The van der Waals surface area contributed by atoms with Crippen molar-refractivity contribution in [2.75, 3.05) is 56.2 Å². The molecule has 4 aromatic rings. The van der Waals surface area contributed by atoms with Crippen molar-refractivity contribution < 1.29 is 9.84 Å². The summed E-state index contributed by atoms with van der Waals surface area (Å²) in [6, 6.07) is 12.6. The van der Waals surface area contributed by atoms with Crippen molar-refractivity contribution in [3.05, 3.63) is 66.2 Å². The Morgan fingerprint density at radius 2 is 1.76 bits per heavy atom. The molecule has 1 N–H and O–H groups in total. The molecule has 2 fully saturated rings. The van der Waals surface area contributed by atoms with Crippen LogP contribution in [0.4, 0.5) is 11.5 Å². The zero-order chi connectivity index (χ0) is 29.3. The number of ether oxygens (including phenoxy) is 1. The van der Waals surface area contributed by atoms with E-state index in [2.05, 4.69) is 55.1 Å². The standard InChI is InChI=1S/C32H38N8O2/c1-32(2,41)26-8-10-38(11-9-26)27-16-28(31-25(17-33)20-36-40(31)22-27)24-5-6-29(34-19-24)39-14-12-37(13-15-39)21-23-4-7-30(42-3)35-18-23/h4-7,16,18-20,22,26,41H,8-15,21H2,1-3H3. The molecule has 218 valence electrons. The molecular formula is C32H38N8O2. The number of piperidine rings is 1. The van der Waals surface area contributed by atoms with Gasteiger partial charge in [0.1, 0.15) is 11.9 Å². The number of hydrogen-bond donors (Lipinski definition) is 1. The van der Waals surface area contributed by atoms with E-state index in [1.165, 1.54) is 5.56 Å². The molecule has 0 amide bonds. The molecule has 0 aromatic carbocycles. The average molecular weight is 567 g/mol. The fraction of sp³-hybridized carbons (Fsp3) is 0.438. The topological polar surface area (TPSA) is 106 Å². The highest BCUT2D eigenvalue weighted by Gasteiger charge is 2.31. The van der Waals surface area contributed by atoms with Crippen LogP contribution < -0.4 is 14.5 Å². The molecule has 2 saturated heterocycles. The van der Waals surface area contributed by atoms with Gasteiger partial charge in [0, 0.05) is 75.4 Å². The normalized spacial score (nSPS) is 17.0. The van der Waals surface area contributed by atoms with E-state index < -0.39 is 5.60 Å². The lowest BCUT2D eigenvalue weighted by atomic mass is 9.83. The molecule has 2 aliphatic heterocycles. The molecular weight excluding hydrogens is 528 g/mol. The Balaban J connectivity index is 1.17. The minimum absolute atomic E-state index is 0.282. The third-order valence-corrected chi connectivity index (χ3v) is 8.75. The summed E-state index contributed by atoms with van der Waals surface area (Å²) in [5.74, 6) is 1.87. The highest BCUT2D eigenvalue weighted by atomic mass is 16.5. The average Bonchev–Trinajstić information content (AvgIpc) is 3.44. The number of rotatable bonds is 7. The zero-order valence-electron chi connectivity index (χ0n) is 24.6. The van der Waals surface area contributed by atoms with Crippen molar-refractivity contribution >= 4 is 17.0 Å². The van der Waals surface area contributed by atoms with Crippen LogP contribution in [0.1, 0.15) is 37.8 Å². The Morgan fingerprint density at radius 1 is 0.976 bits per heavy atom. The van der Waals surface area contributed by atoms with Crippen molar-refractivity contribution in [2.24, 2.45) is 5.92 Å². The molecule has 10 heteroatoms. The summed E-state index contributed by atoms with van der Waals surface area (Å²) in [4.78, 5) is 16.3. The summed E-state index contributed by atoms with van der Waals surface area (Å²) in [6.07, 6.45) is 9.30. The maximum absolute atomic E-state index is 10.5. The quantitative estimate of drug-likeness (QED) is 0.356. The first-order valence-electron chi connectivity index (χ1n) is 14.6.